The molecule has 10 fully saturated rings. The van der Waals surface area contributed by atoms with Crippen molar-refractivity contribution in [3.05, 3.63) is 83.9 Å². The van der Waals surface area contributed by atoms with Gasteiger partial charge >= 0.3 is 35.8 Å². The molecule has 0 spiro atoms. The minimum atomic E-state index is -1.21. The molecule has 0 bridgehead atoms. The summed E-state index contributed by atoms with van der Waals surface area (Å²) in [5, 5.41) is 24.0. The van der Waals surface area contributed by atoms with Gasteiger partial charge in [0, 0.05) is 31.2 Å². The van der Waals surface area contributed by atoms with Crippen molar-refractivity contribution in [1.82, 2.24) is 10.2 Å². The lowest BCUT2D eigenvalue weighted by Gasteiger charge is -2.63. The first kappa shape index (κ1) is 56.3. The minimum absolute atomic E-state index is 0. The van der Waals surface area contributed by atoms with Crippen LogP contribution in [0.2, 0.25) is 0 Å². The predicted octanol–water partition coefficient (Wildman–Crippen LogP) is -0.120. The third kappa shape index (κ3) is 8.27. The number of hydrogen-bond donors (Lipinski definition) is 6. The number of benzene rings is 3. The monoisotopic (exact) mass is 1070 g/mol. The van der Waals surface area contributed by atoms with Crippen LogP contribution in [-0.2, 0) is 67.0 Å². The van der Waals surface area contributed by atoms with E-state index in [4.69, 9.17) is 11.5 Å². The van der Waals surface area contributed by atoms with E-state index in [1.54, 1.807) is 48.5 Å². The van der Waals surface area contributed by atoms with Gasteiger partial charge in [-0.05, 0) is 97.9 Å². The maximum atomic E-state index is 12.8. The largest absolute Gasteiger partial charge is 0.481 e. The molecule has 0 aromatic heterocycles. The first-order valence-corrected chi connectivity index (χ1v) is 24.0. The number of nitrogens with zero attached hydrogens (tertiary/aromatic N) is 2. The average Bonchev–Trinajstić information content (AvgIpc) is 3.87. The zero-order valence-electron chi connectivity index (χ0n) is 41.0. The molecule has 12 N–H and O–H groups in total. The van der Waals surface area contributed by atoms with Crippen LogP contribution in [0.25, 0.3) is 0 Å². The fourth-order valence-corrected chi connectivity index (χ4v) is 13.9. The van der Waals surface area contributed by atoms with Gasteiger partial charge in [-0.1, -0.05) is 42.8 Å². The molecule has 16 atom stereocenters. The van der Waals surface area contributed by atoms with E-state index in [2.05, 4.69) is 20.1 Å². The lowest BCUT2D eigenvalue weighted by atomic mass is 9.37. The number of carboxylic acids is 2. The van der Waals surface area contributed by atoms with E-state index in [0.717, 1.165) is 27.4 Å². The molecule has 6 aliphatic carbocycles. The number of fused-ring (bicyclic) bond motifs is 15. The smallest absolute Gasteiger partial charge is 0.317 e. The van der Waals surface area contributed by atoms with Crippen LogP contribution in [0, 0.1) is 120 Å². The van der Waals surface area contributed by atoms with Gasteiger partial charge in [0.05, 0.1) is 76.7 Å². The van der Waals surface area contributed by atoms with Gasteiger partial charge in [0.2, 0.25) is 35.4 Å². The Kier molecular flexibility index (Phi) is 14.8. The highest BCUT2D eigenvalue weighted by Gasteiger charge is 2.81. The number of carboxylic acid groups (broad SMARTS) is 2. The van der Waals surface area contributed by atoms with Crippen molar-refractivity contribution in [2.24, 2.45) is 107 Å². The quantitative estimate of drug-likeness (QED) is 0.0811. The molecular weight excluding hydrogens is 1010 g/mol. The van der Waals surface area contributed by atoms with Gasteiger partial charge in [-0.2, -0.15) is 0 Å². The highest BCUT2D eigenvalue weighted by molar-refractivity contribution is 6.24. The predicted molar refractivity (Wildman–Crippen MR) is 265 cm³/mol. The number of nitrogens with two attached hydrogens (primary N) is 2. The van der Waals surface area contributed by atoms with Crippen LogP contribution in [0.4, 0.5) is 22.7 Å². The molecule has 0 radical (unpaired) electrons. The number of nitrogen functional groups attached to an aromatic ring is 2. The number of hydrogen-bond acceptors (Lipinski definition) is 16. The van der Waals surface area contributed by atoms with E-state index >= 15 is 0 Å². The van der Waals surface area contributed by atoms with Crippen LogP contribution in [0.3, 0.4) is 0 Å². The van der Waals surface area contributed by atoms with Crippen molar-refractivity contribution in [2.45, 2.75) is 21.3 Å². The molecule has 6 amide bonds. The summed E-state index contributed by atoms with van der Waals surface area (Å²) in [6.07, 6.45) is 0. The second-order valence-corrected chi connectivity index (χ2v) is 20.6. The van der Waals surface area contributed by atoms with Gasteiger partial charge in [-0.15, -0.1) is 0 Å². The van der Waals surface area contributed by atoms with Gasteiger partial charge in [-0.25, -0.2) is 0 Å². The summed E-state index contributed by atoms with van der Waals surface area (Å²) in [6, 6.07) is 21.4. The Morgan fingerprint density at radius 3 is 1.17 bits per heavy atom. The average molecular weight is 1070 g/mol. The zero-order valence-corrected chi connectivity index (χ0v) is 41.0. The van der Waals surface area contributed by atoms with Gasteiger partial charge in [0.1, 0.15) is 0 Å². The van der Waals surface area contributed by atoms with Crippen molar-refractivity contribution in [1.29, 1.82) is 0 Å². The lowest BCUT2D eigenvalue weighted by molar-refractivity contribution is -0.221. The van der Waals surface area contributed by atoms with Crippen LogP contribution in [-0.4, -0.2) is 111 Å². The number of imide groups is 2. The molecule has 10 aliphatic rings. The Hall–Kier alpha value is -8.38. The number of rotatable bonds is 6. The van der Waals surface area contributed by atoms with E-state index in [-0.39, 0.29) is 65.7 Å². The molecular formula is C53H58N6O18. The Balaban J connectivity index is 0.000000156. The third-order valence-electron chi connectivity index (χ3n) is 17.3. The van der Waals surface area contributed by atoms with E-state index in [9.17, 15) is 67.7 Å². The highest BCUT2D eigenvalue weighted by Crippen LogP contribution is 2.71. The first-order valence-electron chi connectivity index (χ1n) is 24.0. The van der Waals surface area contributed by atoms with E-state index in [0.29, 0.717) is 11.4 Å². The summed E-state index contributed by atoms with van der Waals surface area (Å²) in [6.45, 7) is 3.84. The fraction of sp³-hybridized carbons (Fsp3) is 0.434. The normalized spacial score (nSPS) is 34.7. The Morgan fingerprint density at radius 1 is 0.481 bits per heavy atom. The summed E-state index contributed by atoms with van der Waals surface area (Å²) >= 11 is 0. The second kappa shape index (κ2) is 20.3. The molecule has 16 unspecified atom stereocenters. The molecule has 4 saturated heterocycles. The van der Waals surface area contributed by atoms with Gasteiger partial charge in [0.15, 0.2) is 0 Å². The molecule has 408 valence electrons. The zero-order chi connectivity index (χ0) is 53.3. The van der Waals surface area contributed by atoms with Crippen LogP contribution in [0.15, 0.2) is 72.8 Å². The molecule has 4 aliphatic heterocycles. The van der Waals surface area contributed by atoms with Gasteiger partial charge in [0.25, 0.3) is 0 Å². The van der Waals surface area contributed by atoms with Crippen LogP contribution < -0.4 is 27.0 Å². The molecule has 3 aromatic carbocycles. The summed E-state index contributed by atoms with van der Waals surface area (Å²) in [5.41, 5.74) is 15.4. The molecule has 24 nitrogen and oxygen atoms in total. The first-order chi connectivity index (χ1) is 35.1. The second-order valence-electron chi connectivity index (χ2n) is 20.6. The Labute approximate surface area is 438 Å². The number of cyclic esters (lactones) is 4. The SMILES string of the molecule is C.CNC(=O)C1C(C(=O)O)C2C(C(=O)O)C(C(=O)Nc3ccc(C)cc3)C12.Cc1ccc(N2C(=O)C3C(C2=O)C2C4C(=O)N(C)C(=O)C4C32)cc1.Nc1ccc(N)cc1.O.O.O=C1OC(=O)C2C1C1C3C(=O)OC(=O)C3C21. The maximum absolute atomic E-state index is 12.8. The molecule has 24 heteroatoms. The van der Waals surface area contributed by atoms with Crippen molar-refractivity contribution in [3.63, 3.8) is 0 Å². The number of aryl methyl sites for hydroxylation is 2. The Morgan fingerprint density at radius 2 is 0.805 bits per heavy atom. The van der Waals surface area contributed by atoms with Crippen LogP contribution in [0.5, 0.6) is 0 Å². The number of carbonyl (C=O) groups is 12. The third-order valence-corrected chi connectivity index (χ3v) is 17.3. The molecule has 13 rings (SSSR count). The summed E-state index contributed by atoms with van der Waals surface area (Å²) in [5.74, 6) is -16.2. The number of amides is 6. The van der Waals surface area contributed by atoms with E-state index < -0.39 is 130 Å². The number of nitrogens with one attached hydrogen (secondary N) is 2. The fourth-order valence-electron chi connectivity index (χ4n) is 13.9. The van der Waals surface area contributed by atoms with Gasteiger partial charge in [-0.3, -0.25) is 67.3 Å². The van der Waals surface area contributed by atoms with Crippen molar-refractivity contribution in [3.8, 4) is 0 Å². The topological polar surface area (TPSA) is 409 Å². The minimum Gasteiger partial charge on any atom is -0.481 e. The highest BCUT2D eigenvalue weighted by atomic mass is 16.6. The molecule has 3 aromatic rings. The van der Waals surface area contributed by atoms with Crippen molar-refractivity contribution >= 4 is 94.0 Å². The van der Waals surface area contributed by atoms with Crippen LogP contribution in [0.1, 0.15) is 18.6 Å². The number of carbonyl (C=O) groups excluding carboxylic acids is 10. The summed E-state index contributed by atoms with van der Waals surface area (Å²) in [4.78, 5) is 146. The van der Waals surface area contributed by atoms with Crippen LogP contribution >= 0.6 is 0 Å². The maximum Gasteiger partial charge on any atom is 0.317 e. The standard InChI is InChI=1S/C18H20N2O6.C18H16N2O4.C10H6O6.C6H8N2.CH4.2H2O/c1-7-3-5-8(6-4-7)20-16(22)12-9-10(14(12)18(25)26)13(17(23)24)11(9)15(21)19-2;1-7-3-5-8(6-4-7)20-17(23)13-9-10(14(13)18(20)24)12-11(9)15(21)19(2)16(12)22;11-7-3-1-2(5(3)9(13)15-7)6-4(1)8(12)16-10(6)14;7-5-1-2-6(8)4-3-5;;;/h3-6,9-14H,1-2H3,(H,19,21)(H,20,22)(H,23,24)(H,25,26);3-6,9-14H,1-2H3;1-6H;1-4H,7-8H2;1H4;2*1H2. The molecule has 4 heterocycles. The number of esters is 4. The van der Waals surface area contributed by atoms with E-state index in [1.165, 1.54) is 19.0 Å². The van der Waals surface area contributed by atoms with E-state index in [1.807, 2.05) is 38.1 Å². The number of aliphatic carboxylic acids is 2. The lowest BCUT2D eigenvalue weighted by Crippen LogP contribution is -2.73. The van der Waals surface area contributed by atoms with Crippen molar-refractivity contribution < 1.29 is 88.2 Å². The number of ether oxygens (including phenoxy) is 2. The Bertz CT molecular complexity index is 2870. The van der Waals surface area contributed by atoms with Gasteiger partial charge < -0.3 is 52.7 Å². The van der Waals surface area contributed by atoms with Crippen molar-refractivity contribution in [2.75, 3.05) is 35.8 Å². The molecule has 77 heavy (non-hydrogen) atoms. The number of anilines is 4. The summed E-state index contributed by atoms with van der Waals surface area (Å²) < 4.78 is 9.05. The molecule has 6 saturated carbocycles. The number of likely N-dealkylation sites (tertiary alicyclic amines) is 1. The summed E-state index contributed by atoms with van der Waals surface area (Å²) in [7, 11) is 2.88.